The monoisotopic (exact) mass is 470 g/mol. The van der Waals surface area contributed by atoms with E-state index < -0.39 is 35.0 Å². The number of carbonyl (C=O) groups excluding carboxylic acids is 1. The number of benzene rings is 1. The minimum Gasteiger partial charge on any atom is -0.381 e. The van der Waals surface area contributed by atoms with Gasteiger partial charge in [-0.3, -0.25) is 14.8 Å². The van der Waals surface area contributed by atoms with E-state index in [0.717, 1.165) is 29.3 Å². The average molecular weight is 471 g/mol. The molecule has 0 fully saturated rings. The highest BCUT2D eigenvalue weighted by Gasteiger charge is 2.39. The van der Waals surface area contributed by atoms with Crippen molar-refractivity contribution in [2.24, 2.45) is 0 Å². The Kier molecular flexibility index (Phi) is 6.97. The van der Waals surface area contributed by atoms with Crippen LogP contribution in [0.15, 0.2) is 36.7 Å². The molecular formula is C20H19ClF4N6O. The lowest BCUT2D eigenvalue weighted by atomic mass is 9.93. The molecule has 0 aliphatic rings. The van der Waals surface area contributed by atoms with Gasteiger partial charge in [-0.1, -0.05) is 37.1 Å². The summed E-state index contributed by atoms with van der Waals surface area (Å²) in [5.41, 5.74) is 4.31. The maximum atomic E-state index is 13.6. The van der Waals surface area contributed by atoms with E-state index in [0.29, 0.717) is 11.4 Å². The lowest BCUT2D eigenvalue weighted by Crippen LogP contribution is -2.37. The first kappa shape index (κ1) is 23.5. The number of rotatable bonds is 7. The number of nitrogens with one attached hydrogen (secondary N) is 1. The van der Waals surface area contributed by atoms with Crippen LogP contribution in [-0.2, 0) is 6.18 Å². The first-order valence-electron chi connectivity index (χ1n) is 9.57. The van der Waals surface area contributed by atoms with E-state index in [1.54, 1.807) is 24.3 Å². The van der Waals surface area contributed by atoms with Gasteiger partial charge in [0.25, 0.3) is 5.91 Å². The van der Waals surface area contributed by atoms with E-state index in [9.17, 15) is 22.4 Å². The maximum Gasteiger partial charge on any atom is 0.433 e. The number of nitrogen functional groups attached to an aromatic ring is 1. The Balaban J connectivity index is 2.06. The molecule has 3 aromatic rings. The molecule has 1 aromatic carbocycles. The van der Waals surface area contributed by atoms with Crippen molar-refractivity contribution in [3.8, 4) is 0 Å². The molecule has 1 amide bonds. The molecule has 0 aliphatic heterocycles. The van der Waals surface area contributed by atoms with Crippen LogP contribution < -0.4 is 10.6 Å². The van der Waals surface area contributed by atoms with Crippen LogP contribution in [0.1, 0.15) is 47.3 Å². The number of hydrogen-bond acceptors (Lipinski definition) is 5. The number of carbonyl (C=O) groups is 1. The van der Waals surface area contributed by atoms with Crippen molar-refractivity contribution in [2.75, 3.05) is 17.2 Å². The number of nitrogens with two attached hydrogens (primary N) is 1. The summed E-state index contributed by atoms with van der Waals surface area (Å²) >= 11 is 5.95. The first-order chi connectivity index (χ1) is 15.1. The highest BCUT2D eigenvalue weighted by molar-refractivity contribution is 6.30. The lowest BCUT2D eigenvalue weighted by Gasteiger charge is -2.27. The van der Waals surface area contributed by atoms with E-state index in [2.05, 4.69) is 15.1 Å². The number of aromatic nitrogens is 4. The Morgan fingerprint density at radius 1 is 1.25 bits per heavy atom. The van der Waals surface area contributed by atoms with Crippen molar-refractivity contribution < 1.29 is 22.4 Å². The Labute approximate surface area is 185 Å². The third-order valence-electron chi connectivity index (χ3n) is 4.78. The fraction of sp³-hybridized carbons (Fsp3) is 0.300. The van der Waals surface area contributed by atoms with Gasteiger partial charge in [-0.05, 0) is 24.1 Å². The molecule has 0 bridgehead atoms. The Bertz CT molecular complexity index is 1090. The van der Waals surface area contributed by atoms with Crippen LogP contribution in [0.4, 0.5) is 29.3 Å². The second kappa shape index (κ2) is 9.51. The fourth-order valence-corrected chi connectivity index (χ4v) is 3.36. The molecule has 7 nitrogen and oxygen atoms in total. The van der Waals surface area contributed by atoms with Crippen LogP contribution in [0.2, 0.25) is 5.02 Å². The summed E-state index contributed by atoms with van der Waals surface area (Å²) in [6.45, 7) is 1.85. The standard InChI is InChI=1S/C20H19ClF4N6O/c1-2-3-12(11-4-6-13(21)7-5-11)10-31(19-27-9-15(22)17(26)29-19)18(32)14-8-28-30-16(14)20(23,24)25/h4-9,12H,2-3,10H2,1H3,(H,28,30)(H2,26,27,29). The average Bonchev–Trinajstić information content (AvgIpc) is 3.24. The van der Waals surface area contributed by atoms with Crippen LogP contribution in [0.3, 0.4) is 0 Å². The fourth-order valence-electron chi connectivity index (χ4n) is 3.23. The minimum atomic E-state index is -4.84. The zero-order valence-corrected chi connectivity index (χ0v) is 17.6. The number of nitrogens with zero attached hydrogens (tertiary/aromatic N) is 4. The SMILES string of the molecule is CCCC(CN(C(=O)c1cn[nH]c1C(F)(F)F)c1ncc(F)c(N)n1)c1ccc(Cl)cc1. The number of hydrogen-bond donors (Lipinski definition) is 2. The number of alkyl halides is 3. The summed E-state index contributed by atoms with van der Waals surface area (Å²) < 4.78 is 53.7. The van der Waals surface area contributed by atoms with Crippen LogP contribution in [0, 0.1) is 5.82 Å². The minimum absolute atomic E-state index is 0.0815. The normalized spacial score (nSPS) is 12.6. The lowest BCUT2D eigenvalue weighted by molar-refractivity contribution is -0.141. The van der Waals surface area contributed by atoms with E-state index in [1.165, 1.54) is 0 Å². The maximum absolute atomic E-state index is 13.6. The van der Waals surface area contributed by atoms with Crippen molar-refractivity contribution in [1.29, 1.82) is 0 Å². The number of aromatic amines is 1. The summed E-state index contributed by atoms with van der Waals surface area (Å²) in [7, 11) is 0. The molecule has 1 unspecified atom stereocenters. The molecule has 0 spiro atoms. The van der Waals surface area contributed by atoms with Crippen LogP contribution in [0.5, 0.6) is 0 Å². The molecule has 12 heteroatoms. The predicted octanol–water partition coefficient (Wildman–Crippen LogP) is 4.82. The van der Waals surface area contributed by atoms with E-state index >= 15 is 0 Å². The van der Waals surface area contributed by atoms with Crippen LogP contribution in [-0.4, -0.2) is 32.6 Å². The molecule has 2 aromatic heterocycles. The molecule has 3 rings (SSSR count). The zero-order valence-electron chi connectivity index (χ0n) is 16.8. The smallest absolute Gasteiger partial charge is 0.381 e. The molecule has 3 N–H and O–H groups in total. The highest BCUT2D eigenvalue weighted by atomic mass is 35.5. The van der Waals surface area contributed by atoms with Gasteiger partial charge in [0, 0.05) is 17.5 Å². The molecule has 32 heavy (non-hydrogen) atoms. The first-order valence-corrected chi connectivity index (χ1v) is 9.95. The molecule has 0 radical (unpaired) electrons. The van der Waals surface area contributed by atoms with Gasteiger partial charge in [0.05, 0.1) is 18.0 Å². The van der Waals surface area contributed by atoms with Gasteiger partial charge in [-0.2, -0.15) is 23.3 Å². The van der Waals surface area contributed by atoms with Crippen molar-refractivity contribution >= 4 is 29.3 Å². The Morgan fingerprint density at radius 2 is 1.94 bits per heavy atom. The van der Waals surface area contributed by atoms with Gasteiger partial charge >= 0.3 is 6.18 Å². The van der Waals surface area contributed by atoms with Gasteiger partial charge < -0.3 is 5.73 Å². The molecule has 1 atom stereocenters. The number of H-pyrrole nitrogens is 1. The van der Waals surface area contributed by atoms with Gasteiger partial charge in [-0.15, -0.1) is 0 Å². The molecule has 0 saturated heterocycles. The molecule has 0 saturated carbocycles. The van der Waals surface area contributed by atoms with Gasteiger partial charge in [0.15, 0.2) is 17.3 Å². The molecule has 2 heterocycles. The van der Waals surface area contributed by atoms with E-state index in [1.807, 2.05) is 12.0 Å². The van der Waals surface area contributed by atoms with Crippen molar-refractivity contribution in [3.05, 3.63) is 64.3 Å². The van der Waals surface area contributed by atoms with E-state index in [-0.39, 0.29) is 18.4 Å². The summed E-state index contributed by atoms with van der Waals surface area (Å²) in [5, 5.41) is 5.69. The topological polar surface area (TPSA) is 101 Å². The van der Waals surface area contributed by atoms with Gasteiger partial charge in [0.1, 0.15) is 0 Å². The Morgan fingerprint density at radius 3 is 2.53 bits per heavy atom. The zero-order chi connectivity index (χ0) is 23.5. The Hall–Kier alpha value is -3.21. The largest absolute Gasteiger partial charge is 0.433 e. The van der Waals surface area contributed by atoms with Crippen molar-refractivity contribution in [2.45, 2.75) is 31.9 Å². The summed E-state index contributed by atoms with van der Waals surface area (Å²) in [4.78, 5) is 21.7. The third-order valence-corrected chi connectivity index (χ3v) is 5.03. The number of amides is 1. The summed E-state index contributed by atoms with van der Waals surface area (Å²) in [6.07, 6.45) is -1.98. The number of halogens is 5. The molecular weight excluding hydrogens is 452 g/mol. The molecule has 170 valence electrons. The van der Waals surface area contributed by atoms with Crippen LogP contribution in [0.25, 0.3) is 0 Å². The second-order valence-electron chi connectivity index (χ2n) is 7.01. The van der Waals surface area contributed by atoms with Crippen LogP contribution >= 0.6 is 11.6 Å². The summed E-state index contributed by atoms with van der Waals surface area (Å²) in [5.74, 6) is -3.11. The highest BCUT2D eigenvalue weighted by Crippen LogP contribution is 2.32. The second-order valence-corrected chi connectivity index (χ2v) is 7.45. The number of anilines is 2. The van der Waals surface area contributed by atoms with Gasteiger partial charge in [0.2, 0.25) is 5.95 Å². The molecule has 0 aliphatic carbocycles. The quantitative estimate of drug-likeness (QED) is 0.482. The van der Waals surface area contributed by atoms with Crippen molar-refractivity contribution in [3.63, 3.8) is 0 Å². The van der Waals surface area contributed by atoms with Gasteiger partial charge in [-0.25, -0.2) is 9.37 Å². The van der Waals surface area contributed by atoms with Crippen molar-refractivity contribution in [1.82, 2.24) is 20.2 Å². The van der Waals surface area contributed by atoms with E-state index in [4.69, 9.17) is 17.3 Å². The predicted molar refractivity (Wildman–Crippen MR) is 111 cm³/mol. The summed E-state index contributed by atoms with van der Waals surface area (Å²) in [6, 6.07) is 6.89. The third kappa shape index (κ3) is 5.16.